The van der Waals surface area contributed by atoms with E-state index < -0.39 is 0 Å². The van der Waals surface area contributed by atoms with Gasteiger partial charge in [0.05, 0.1) is 25.4 Å². The molecule has 2 N–H and O–H groups in total. The van der Waals surface area contributed by atoms with Crippen molar-refractivity contribution < 1.29 is 9.53 Å². The number of aryl methyl sites for hydroxylation is 1. The topological polar surface area (TPSA) is 63.2 Å². The molecule has 0 radical (unpaired) electrons. The second kappa shape index (κ2) is 8.36. The molecule has 5 nitrogen and oxygen atoms in total. The Morgan fingerprint density at radius 2 is 1.81 bits per heavy atom. The number of hydrogen-bond donors (Lipinski definition) is 2. The first kappa shape index (κ1) is 18.5. The minimum atomic E-state index is -0.0859. The number of nitrogens with one attached hydrogen (secondary N) is 2. The third-order valence-corrected chi connectivity index (χ3v) is 4.44. The Bertz CT molecular complexity index is 919. The highest BCUT2D eigenvalue weighted by Gasteiger charge is 2.06. The van der Waals surface area contributed by atoms with Crippen LogP contribution in [0.5, 0.6) is 5.75 Å². The van der Waals surface area contributed by atoms with Gasteiger partial charge in [-0.25, -0.2) is 4.98 Å². The Morgan fingerprint density at radius 1 is 1.04 bits per heavy atom. The maximum atomic E-state index is 12.2. The summed E-state index contributed by atoms with van der Waals surface area (Å²) in [6, 6.07) is 17.3. The van der Waals surface area contributed by atoms with Gasteiger partial charge in [0.1, 0.15) is 11.6 Å². The lowest BCUT2D eigenvalue weighted by molar-refractivity contribution is -0.115. The smallest absolute Gasteiger partial charge is 0.228 e. The van der Waals surface area contributed by atoms with Gasteiger partial charge in [0.25, 0.3) is 0 Å². The maximum absolute atomic E-state index is 12.2. The van der Waals surface area contributed by atoms with Crippen LogP contribution in [-0.4, -0.2) is 18.0 Å². The van der Waals surface area contributed by atoms with Crippen LogP contribution in [0.15, 0.2) is 60.8 Å². The monoisotopic (exact) mass is 361 g/mol. The van der Waals surface area contributed by atoms with Gasteiger partial charge >= 0.3 is 0 Å². The molecule has 3 rings (SSSR count). The summed E-state index contributed by atoms with van der Waals surface area (Å²) < 4.78 is 5.12. The normalized spacial score (nSPS) is 10.3. The molecule has 0 aliphatic rings. The maximum Gasteiger partial charge on any atom is 0.228 e. The van der Waals surface area contributed by atoms with E-state index in [1.54, 1.807) is 13.3 Å². The fourth-order valence-electron chi connectivity index (χ4n) is 2.70. The lowest BCUT2D eigenvalue weighted by Crippen LogP contribution is -2.14. The first-order valence-electron chi connectivity index (χ1n) is 8.77. The molecule has 27 heavy (non-hydrogen) atoms. The van der Waals surface area contributed by atoms with Gasteiger partial charge in [0.15, 0.2) is 0 Å². The number of amides is 1. The summed E-state index contributed by atoms with van der Waals surface area (Å²) in [5.74, 6) is 1.42. The van der Waals surface area contributed by atoms with Crippen molar-refractivity contribution in [1.82, 2.24) is 4.98 Å². The van der Waals surface area contributed by atoms with E-state index in [1.807, 2.05) is 48.5 Å². The van der Waals surface area contributed by atoms with E-state index in [9.17, 15) is 4.79 Å². The summed E-state index contributed by atoms with van der Waals surface area (Å²) >= 11 is 0. The van der Waals surface area contributed by atoms with E-state index in [2.05, 4.69) is 35.5 Å². The number of methoxy groups -OCH3 is 1. The van der Waals surface area contributed by atoms with Crippen LogP contribution in [0.1, 0.15) is 16.7 Å². The molecule has 1 heterocycles. The Kier molecular flexibility index (Phi) is 5.71. The SMILES string of the molecule is COc1ccc(CC(=O)Nc2ccc(Nc3cccc(C)c3C)nc2)cc1. The number of hydrogen-bond acceptors (Lipinski definition) is 4. The molecule has 0 aliphatic heterocycles. The summed E-state index contributed by atoms with van der Waals surface area (Å²) in [6.45, 7) is 4.15. The van der Waals surface area contributed by atoms with Gasteiger partial charge in [-0.1, -0.05) is 24.3 Å². The number of carbonyl (C=O) groups excluding carboxylic acids is 1. The van der Waals surface area contributed by atoms with Crippen LogP contribution in [0.2, 0.25) is 0 Å². The predicted octanol–water partition coefficient (Wildman–Crippen LogP) is 4.63. The first-order valence-corrected chi connectivity index (χ1v) is 8.77. The van der Waals surface area contributed by atoms with Crippen LogP contribution >= 0.6 is 0 Å². The van der Waals surface area contributed by atoms with Crippen molar-refractivity contribution in [2.45, 2.75) is 20.3 Å². The van der Waals surface area contributed by atoms with E-state index in [-0.39, 0.29) is 5.91 Å². The Labute approximate surface area is 159 Å². The van der Waals surface area contributed by atoms with Crippen molar-refractivity contribution in [2.75, 3.05) is 17.7 Å². The zero-order chi connectivity index (χ0) is 19.2. The summed E-state index contributed by atoms with van der Waals surface area (Å²) in [4.78, 5) is 16.6. The molecule has 0 spiro atoms. The van der Waals surface area contributed by atoms with Gasteiger partial charge in [-0.05, 0) is 60.9 Å². The number of ether oxygens (including phenoxy) is 1. The van der Waals surface area contributed by atoms with Crippen LogP contribution in [0, 0.1) is 13.8 Å². The third kappa shape index (κ3) is 4.85. The number of aromatic nitrogens is 1. The van der Waals surface area contributed by atoms with E-state index in [0.717, 1.165) is 22.8 Å². The van der Waals surface area contributed by atoms with Crippen molar-refractivity contribution in [3.05, 3.63) is 77.5 Å². The van der Waals surface area contributed by atoms with Crippen LogP contribution in [0.4, 0.5) is 17.2 Å². The number of anilines is 3. The van der Waals surface area contributed by atoms with Crippen molar-refractivity contribution in [3.63, 3.8) is 0 Å². The molecule has 0 saturated heterocycles. The van der Waals surface area contributed by atoms with Crippen molar-refractivity contribution >= 4 is 23.1 Å². The van der Waals surface area contributed by atoms with Gasteiger partial charge in [0, 0.05) is 5.69 Å². The van der Waals surface area contributed by atoms with Crippen molar-refractivity contribution in [1.29, 1.82) is 0 Å². The average Bonchev–Trinajstić information content (AvgIpc) is 2.67. The Morgan fingerprint density at radius 3 is 2.48 bits per heavy atom. The summed E-state index contributed by atoms with van der Waals surface area (Å²) in [7, 11) is 1.62. The predicted molar refractivity (Wildman–Crippen MR) is 109 cm³/mol. The second-order valence-electron chi connectivity index (χ2n) is 6.38. The molecule has 5 heteroatoms. The standard InChI is InChI=1S/C22H23N3O2/c1-15-5-4-6-20(16(15)2)25-21-12-9-18(14-23-21)24-22(26)13-17-7-10-19(27-3)11-8-17/h4-12,14H,13H2,1-3H3,(H,23,25)(H,24,26). The summed E-state index contributed by atoms with van der Waals surface area (Å²) in [6.07, 6.45) is 1.95. The zero-order valence-corrected chi connectivity index (χ0v) is 15.7. The first-order chi connectivity index (χ1) is 13.0. The molecular weight excluding hydrogens is 338 g/mol. The zero-order valence-electron chi connectivity index (χ0n) is 15.7. The van der Waals surface area contributed by atoms with Crippen LogP contribution in [0.3, 0.4) is 0 Å². The fourth-order valence-corrected chi connectivity index (χ4v) is 2.70. The molecule has 0 fully saturated rings. The summed E-state index contributed by atoms with van der Waals surface area (Å²) in [5.41, 5.74) is 5.03. The van der Waals surface area contributed by atoms with Gasteiger partial charge < -0.3 is 15.4 Å². The second-order valence-corrected chi connectivity index (χ2v) is 6.38. The lowest BCUT2D eigenvalue weighted by Gasteiger charge is -2.11. The quantitative estimate of drug-likeness (QED) is 0.672. The van der Waals surface area contributed by atoms with Crippen LogP contribution < -0.4 is 15.4 Å². The molecule has 0 bridgehead atoms. The highest BCUT2D eigenvalue weighted by Crippen LogP contribution is 2.22. The van der Waals surface area contributed by atoms with E-state index in [1.165, 1.54) is 11.1 Å². The molecular formula is C22H23N3O2. The van der Waals surface area contributed by atoms with Gasteiger partial charge in [-0.15, -0.1) is 0 Å². The van der Waals surface area contributed by atoms with Gasteiger partial charge in [0.2, 0.25) is 5.91 Å². The highest BCUT2D eigenvalue weighted by molar-refractivity contribution is 5.92. The molecule has 0 unspecified atom stereocenters. The highest BCUT2D eigenvalue weighted by atomic mass is 16.5. The van der Waals surface area contributed by atoms with E-state index in [0.29, 0.717) is 12.1 Å². The Balaban J connectivity index is 1.59. The molecule has 1 amide bonds. The van der Waals surface area contributed by atoms with Crippen LogP contribution in [0.25, 0.3) is 0 Å². The summed E-state index contributed by atoms with van der Waals surface area (Å²) in [5, 5.41) is 6.18. The fraction of sp³-hybridized carbons (Fsp3) is 0.182. The molecule has 0 saturated carbocycles. The average molecular weight is 361 g/mol. The van der Waals surface area contributed by atoms with Crippen LogP contribution in [-0.2, 0) is 11.2 Å². The lowest BCUT2D eigenvalue weighted by atomic mass is 10.1. The number of carbonyl (C=O) groups is 1. The number of rotatable bonds is 6. The number of benzene rings is 2. The molecule has 2 aromatic carbocycles. The van der Waals surface area contributed by atoms with Crippen molar-refractivity contribution in [3.8, 4) is 5.75 Å². The largest absolute Gasteiger partial charge is 0.497 e. The third-order valence-electron chi connectivity index (χ3n) is 4.44. The molecule has 0 atom stereocenters. The minimum absolute atomic E-state index is 0.0859. The molecule has 1 aromatic heterocycles. The minimum Gasteiger partial charge on any atom is -0.497 e. The van der Waals surface area contributed by atoms with Gasteiger partial charge in [-0.2, -0.15) is 0 Å². The van der Waals surface area contributed by atoms with E-state index >= 15 is 0 Å². The van der Waals surface area contributed by atoms with Gasteiger partial charge in [-0.3, -0.25) is 4.79 Å². The van der Waals surface area contributed by atoms with E-state index in [4.69, 9.17) is 4.74 Å². The Hall–Kier alpha value is -3.34. The molecule has 138 valence electrons. The van der Waals surface area contributed by atoms with Crippen molar-refractivity contribution in [2.24, 2.45) is 0 Å². The molecule has 3 aromatic rings. The molecule has 0 aliphatic carbocycles. The number of nitrogens with zero attached hydrogens (tertiary/aromatic N) is 1. The number of pyridine rings is 1.